The van der Waals surface area contributed by atoms with Crippen molar-refractivity contribution >= 4 is 23.5 Å². The second kappa shape index (κ2) is 15.4. The number of aromatic amines is 1. The molecule has 13 nitrogen and oxygen atoms in total. The van der Waals surface area contributed by atoms with Gasteiger partial charge in [-0.25, -0.2) is 9.97 Å². The van der Waals surface area contributed by atoms with Gasteiger partial charge in [-0.3, -0.25) is 14.5 Å². The summed E-state index contributed by atoms with van der Waals surface area (Å²) in [6.07, 6.45) is 7.58. The van der Waals surface area contributed by atoms with Crippen LogP contribution in [0.15, 0.2) is 67.3 Å². The molecule has 5 rings (SSSR count). The zero-order chi connectivity index (χ0) is 32.5. The lowest BCUT2D eigenvalue weighted by Crippen LogP contribution is -2.40. The second-order valence-electron chi connectivity index (χ2n) is 11.0. The number of aryl methyl sites for hydroxylation is 1. The third-order valence-corrected chi connectivity index (χ3v) is 8.01. The Hall–Kier alpha value is -4.88. The second-order valence-corrected chi connectivity index (χ2v) is 11.3. The molecule has 46 heavy (non-hydrogen) atoms. The molecule has 0 aliphatic rings. The highest BCUT2D eigenvalue weighted by molar-refractivity contribution is 6.30. The molecule has 0 bridgehead atoms. The minimum Gasteiger partial charge on any atom is -0.481 e. The molecule has 0 radical (unpaired) electrons. The zero-order valence-corrected chi connectivity index (χ0v) is 26.5. The van der Waals surface area contributed by atoms with Gasteiger partial charge in [0.05, 0.1) is 18.7 Å². The number of nitrogens with one attached hydrogen (secondary N) is 1. The molecule has 0 aliphatic carbocycles. The quantitative estimate of drug-likeness (QED) is 0.142. The molecular weight excluding hydrogens is 610 g/mol. The molecule has 240 valence electrons. The Balaban J connectivity index is 1.35. The number of hydrogen-bond donors (Lipinski definition) is 2. The van der Waals surface area contributed by atoms with Gasteiger partial charge < -0.3 is 19.0 Å². The van der Waals surface area contributed by atoms with Crippen LogP contribution in [0.1, 0.15) is 49.7 Å². The van der Waals surface area contributed by atoms with Crippen LogP contribution in [0.3, 0.4) is 0 Å². The number of hydrogen-bond acceptors (Lipinski definition) is 9. The van der Waals surface area contributed by atoms with Gasteiger partial charge in [-0.05, 0) is 41.8 Å². The number of aliphatic carboxylic acids is 1. The highest BCUT2D eigenvalue weighted by atomic mass is 35.5. The Morgan fingerprint density at radius 2 is 1.91 bits per heavy atom. The number of rotatable bonds is 16. The number of nitrogens with zero attached hydrogens (tertiary/aromatic N) is 8. The topological polar surface area (TPSA) is 157 Å². The van der Waals surface area contributed by atoms with Crippen molar-refractivity contribution in [2.45, 2.75) is 64.9 Å². The van der Waals surface area contributed by atoms with E-state index in [2.05, 4.69) is 37.5 Å². The highest BCUT2D eigenvalue weighted by Crippen LogP contribution is 2.30. The maximum absolute atomic E-state index is 13.4. The van der Waals surface area contributed by atoms with Crippen LogP contribution in [0.25, 0.3) is 22.5 Å². The van der Waals surface area contributed by atoms with E-state index in [0.29, 0.717) is 24.7 Å². The van der Waals surface area contributed by atoms with Crippen molar-refractivity contribution in [2.75, 3.05) is 7.05 Å². The Kier molecular flexibility index (Phi) is 10.9. The summed E-state index contributed by atoms with van der Waals surface area (Å²) in [4.78, 5) is 35.1. The molecule has 0 spiro atoms. The van der Waals surface area contributed by atoms with Gasteiger partial charge in [0.1, 0.15) is 18.5 Å². The number of likely N-dealkylation sites (N-methyl/N-ethyl adjacent to an activating group) is 1. The van der Waals surface area contributed by atoms with Gasteiger partial charge in [0.2, 0.25) is 5.82 Å². The summed E-state index contributed by atoms with van der Waals surface area (Å²) < 4.78 is 9.60. The predicted octanol–water partition coefficient (Wildman–Crippen LogP) is 4.84. The van der Waals surface area contributed by atoms with E-state index in [1.807, 2.05) is 53.1 Å². The number of unbranched alkanes of at least 4 members (excludes halogenated alkanes) is 1. The number of carbonyl (C=O) groups excluding carboxylic acids is 1. The van der Waals surface area contributed by atoms with E-state index in [4.69, 9.17) is 16.3 Å². The molecular formula is C32H36ClN9O4. The van der Waals surface area contributed by atoms with Gasteiger partial charge in [-0.15, -0.1) is 10.2 Å². The fraction of sp³-hybridized carbons (Fsp3) is 0.344. The summed E-state index contributed by atoms with van der Waals surface area (Å²) in [6.45, 7) is 2.83. The van der Waals surface area contributed by atoms with E-state index in [1.54, 1.807) is 35.2 Å². The molecule has 2 N–H and O–H groups in total. The third-order valence-electron chi connectivity index (χ3n) is 7.71. The fourth-order valence-corrected chi connectivity index (χ4v) is 5.53. The van der Waals surface area contributed by atoms with Crippen molar-refractivity contribution in [1.29, 1.82) is 0 Å². The van der Waals surface area contributed by atoms with Gasteiger partial charge in [0.25, 0.3) is 0 Å². The number of carboxylic acid groups (broad SMARTS) is 1. The number of tetrazole rings is 1. The summed E-state index contributed by atoms with van der Waals surface area (Å²) in [5.74, 6) is -0.193. The minimum atomic E-state index is -0.986. The van der Waals surface area contributed by atoms with Crippen molar-refractivity contribution < 1.29 is 19.4 Å². The fourth-order valence-electron chi connectivity index (χ4n) is 5.27. The Labute approximate surface area is 271 Å². The van der Waals surface area contributed by atoms with E-state index < -0.39 is 18.0 Å². The molecule has 0 amide bonds. The number of aromatic nitrogens is 8. The first kappa shape index (κ1) is 32.5. The first-order chi connectivity index (χ1) is 22.3. The third kappa shape index (κ3) is 8.03. The number of H-pyrrole nitrogens is 1. The maximum Gasteiger partial charge on any atom is 0.323 e. The van der Waals surface area contributed by atoms with E-state index in [-0.39, 0.29) is 24.6 Å². The summed E-state index contributed by atoms with van der Waals surface area (Å²) in [6, 6.07) is 15.3. The zero-order valence-electron chi connectivity index (χ0n) is 25.7. The first-order valence-electron chi connectivity index (χ1n) is 15.0. The lowest BCUT2D eigenvalue weighted by atomic mass is 9.98. The van der Waals surface area contributed by atoms with Crippen LogP contribution >= 0.6 is 11.6 Å². The molecule has 3 aromatic heterocycles. The smallest absolute Gasteiger partial charge is 0.323 e. The monoisotopic (exact) mass is 645 g/mol. The SMILES string of the molecule is CCCCc1nc(Cl)c(COC(=O)[C@@H](CCC(=O)O)N(C)Cn2ccnc2)n1Cc1ccc(-c2ccccc2-c2nn[nH]n2)cc1. The summed E-state index contributed by atoms with van der Waals surface area (Å²) in [5, 5.41) is 24.0. The average molecular weight is 646 g/mol. The van der Waals surface area contributed by atoms with Gasteiger partial charge in [0.15, 0.2) is 5.15 Å². The van der Waals surface area contributed by atoms with Gasteiger partial charge in [-0.1, -0.05) is 73.5 Å². The molecule has 3 heterocycles. The van der Waals surface area contributed by atoms with Crippen LogP contribution in [-0.2, 0) is 40.6 Å². The van der Waals surface area contributed by atoms with E-state index in [9.17, 15) is 14.7 Å². The number of ether oxygens (including phenoxy) is 1. The van der Waals surface area contributed by atoms with Crippen LogP contribution in [0.5, 0.6) is 0 Å². The Morgan fingerprint density at radius 1 is 1.13 bits per heavy atom. The first-order valence-corrected chi connectivity index (χ1v) is 15.4. The van der Waals surface area contributed by atoms with Gasteiger partial charge in [0, 0.05) is 37.3 Å². The highest BCUT2D eigenvalue weighted by Gasteiger charge is 2.27. The minimum absolute atomic E-state index is 0.0936. The molecule has 0 unspecified atom stereocenters. The van der Waals surface area contributed by atoms with Crippen LogP contribution < -0.4 is 0 Å². The Morgan fingerprint density at radius 3 is 2.59 bits per heavy atom. The van der Waals surface area contributed by atoms with Crippen molar-refractivity contribution in [1.82, 2.24) is 44.6 Å². The van der Waals surface area contributed by atoms with Crippen molar-refractivity contribution in [2.24, 2.45) is 0 Å². The number of carboxylic acids is 1. The van der Waals surface area contributed by atoms with Crippen LogP contribution in [0.4, 0.5) is 0 Å². The molecule has 0 saturated carbocycles. The molecule has 1 atom stereocenters. The standard InChI is InChI=1S/C32H36ClN9O4/c1-3-4-9-28-35-30(33)27(19-46-32(45)26(14-15-29(43)44)40(2)21-41-17-16-34-20-41)42(28)18-22-10-12-23(13-11-22)24-7-5-6-8-25(24)31-36-38-39-37-31/h5-8,10-13,16-17,20,26H,3-4,9,14-15,18-19,21H2,1-2H3,(H,43,44)(H,36,37,38,39)/t26-/m1/s1. The molecule has 0 saturated heterocycles. The van der Waals surface area contributed by atoms with E-state index >= 15 is 0 Å². The largest absolute Gasteiger partial charge is 0.481 e. The van der Waals surface area contributed by atoms with Crippen LogP contribution in [-0.4, -0.2) is 74.8 Å². The molecule has 2 aromatic carbocycles. The van der Waals surface area contributed by atoms with Crippen LogP contribution in [0, 0.1) is 0 Å². The summed E-state index contributed by atoms with van der Waals surface area (Å²) in [7, 11) is 1.75. The molecule has 0 aliphatic heterocycles. The number of imidazole rings is 2. The molecule has 14 heteroatoms. The lowest BCUT2D eigenvalue weighted by molar-refractivity contribution is -0.152. The Bertz CT molecular complexity index is 1720. The van der Waals surface area contributed by atoms with Crippen molar-refractivity contribution in [3.05, 3.63) is 89.5 Å². The van der Waals surface area contributed by atoms with Crippen LogP contribution in [0.2, 0.25) is 5.15 Å². The van der Waals surface area contributed by atoms with E-state index in [1.165, 1.54) is 0 Å². The van der Waals surface area contributed by atoms with Gasteiger partial charge >= 0.3 is 11.9 Å². The number of halogens is 1. The molecule has 0 fully saturated rings. The van der Waals surface area contributed by atoms with Crippen molar-refractivity contribution in [3.8, 4) is 22.5 Å². The normalized spacial score (nSPS) is 12.0. The summed E-state index contributed by atoms with van der Waals surface area (Å²) >= 11 is 6.65. The molecule has 5 aromatic rings. The average Bonchev–Trinajstić information content (AvgIpc) is 3.83. The number of benzene rings is 2. The lowest BCUT2D eigenvalue weighted by Gasteiger charge is -2.26. The van der Waals surface area contributed by atoms with E-state index in [0.717, 1.165) is 47.3 Å². The number of esters is 1. The predicted molar refractivity (Wildman–Crippen MR) is 170 cm³/mol. The maximum atomic E-state index is 13.4. The summed E-state index contributed by atoms with van der Waals surface area (Å²) in [5.41, 5.74) is 4.45. The van der Waals surface area contributed by atoms with Crippen molar-refractivity contribution in [3.63, 3.8) is 0 Å². The van der Waals surface area contributed by atoms with Gasteiger partial charge in [-0.2, -0.15) is 5.21 Å². The number of carbonyl (C=O) groups is 2.